The monoisotopic (exact) mass is 382 g/mol. The lowest BCUT2D eigenvalue weighted by molar-refractivity contribution is 0.417. The number of rotatable bonds is 5. The highest BCUT2D eigenvalue weighted by molar-refractivity contribution is 7.91. The van der Waals surface area contributed by atoms with Crippen LogP contribution < -0.4 is 15.4 Å². The van der Waals surface area contributed by atoms with Crippen LogP contribution in [-0.4, -0.2) is 43.0 Å². The molecule has 2 aromatic rings. The predicted octanol–water partition coefficient (Wildman–Crippen LogP) is 2.79. The van der Waals surface area contributed by atoms with Crippen molar-refractivity contribution in [1.82, 2.24) is 9.97 Å². The van der Waals surface area contributed by atoms with Gasteiger partial charge >= 0.3 is 0 Å². The van der Waals surface area contributed by atoms with Crippen LogP contribution in [0.4, 0.5) is 17.3 Å². The smallest absolute Gasteiger partial charge is 0.152 e. The largest absolute Gasteiger partial charge is 0.495 e. The number of aromatic nitrogens is 2. The average molecular weight is 383 g/mol. The first-order chi connectivity index (χ1) is 11.8. The third kappa shape index (κ3) is 4.52. The van der Waals surface area contributed by atoms with Gasteiger partial charge in [-0.25, -0.2) is 18.4 Å². The van der Waals surface area contributed by atoms with E-state index < -0.39 is 9.84 Å². The molecule has 1 saturated heterocycles. The Labute approximate surface area is 151 Å². The van der Waals surface area contributed by atoms with E-state index in [2.05, 4.69) is 20.6 Å². The predicted molar refractivity (Wildman–Crippen MR) is 98.7 cm³/mol. The van der Waals surface area contributed by atoms with Crippen molar-refractivity contribution in [3.63, 3.8) is 0 Å². The van der Waals surface area contributed by atoms with E-state index in [0.717, 1.165) is 0 Å². The maximum Gasteiger partial charge on any atom is 0.152 e. The SMILES string of the molecule is COc1ccc(Cl)cc1Nc1cc(NC2CCS(=O)(=O)C2)nc(C)n1. The van der Waals surface area contributed by atoms with E-state index in [0.29, 0.717) is 40.3 Å². The molecule has 7 nitrogen and oxygen atoms in total. The topological polar surface area (TPSA) is 93.2 Å². The molecule has 134 valence electrons. The van der Waals surface area contributed by atoms with Gasteiger partial charge in [-0.1, -0.05) is 11.6 Å². The molecule has 0 radical (unpaired) electrons. The summed E-state index contributed by atoms with van der Waals surface area (Å²) in [6, 6.07) is 6.85. The Morgan fingerprint density at radius 3 is 2.68 bits per heavy atom. The number of hydrogen-bond donors (Lipinski definition) is 2. The van der Waals surface area contributed by atoms with E-state index in [9.17, 15) is 8.42 Å². The first-order valence-electron chi connectivity index (χ1n) is 7.78. The van der Waals surface area contributed by atoms with E-state index in [1.165, 1.54) is 0 Å². The molecule has 0 amide bonds. The molecule has 1 aliphatic rings. The molecule has 3 rings (SSSR count). The Hall–Kier alpha value is -2.06. The minimum absolute atomic E-state index is 0.126. The number of aryl methyl sites for hydroxylation is 1. The number of halogens is 1. The Morgan fingerprint density at radius 1 is 1.24 bits per heavy atom. The molecule has 0 aliphatic carbocycles. The maximum atomic E-state index is 11.6. The van der Waals surface area contributed by atoms with E-state index in [-0.39, 0.29) is 17.5 Å². The van der Waals surface area contributed by atoms with Crippen LogP contribution in [0.25, 0.3) is 0 Å². The summed E-state index contributed by atoms with van der Waals surface area (Å²) >= 11 is 6.05. The standard InChI is InChI=1S/C16H19ClN4O3S/c1-10-18-15(20-12-5-6-25(22,23)9-12)8-16(19-10)21-13-7-11(17)3-4-14(13)24-2/h3-4,7-8,12H,5-6,9H2,1-2H3,(H2,18,19,20,21). The molecule has 1 unspecified atom stereocenters. The number of ether oxygens (including phenoxy) is 1. The van der Waals surface area contributed by atoms with Crippen LogP contribution in [0.5, 0.6) is 5.75 Å². The second-order valence-electron chi connectivity index (χ2n) is 5.90. The number of nitrogens with zero attached hydrogens (tertiary/aromatic N) is 2. The number of nitrogens with one attached hydrogen (secondary N) is 2. The van der Waals surface area contributed by atoms with E-state index in [1.54, 1.807) is 38.3 Å². The molecular formula is C16H19ClN4O3S. The molecule has 1 aromatic carbocycles. The second-order valence-corrected chi connectivity index (χ2v) is 8.56. The van der Waals surface area contributed by atoms with Crippen molar-refractivity contribution < 1.29 is 13.2 Å². The summed E-state index contributed by atoms with van der Waals surface area (Å²) in [6.07, 6.45) is 0.580. The fraction of sp³-hybridized carbons (Fsp3) is 0.375. The van der Waals surface area contributed by atoms with Gasteiger partial charge in [0, 0.05) is 17.1 Å². The number of anilines is 3. The highest BCUT2D eigenvalue weighted by Crippen LogP contribution is 2.30. The van der Waals surface area contributed by atoms with Crippen molar-refractivity contribution >= 4 is 38.8 Å². The molecule has 0 bridgehead atoms. The van der Waals surface area contributed by atoms with Crippen molar-refractivity contribution in [2.75, 3.05) is 29.2 Å². The fourth-order valence-electron chi connectivity index (χ4n) is 2.74. The lowest BCUT2D eigenvalue weighted by Gasteiger charge is -2.15. The molecule has 25 heavy (non-hydrogen) atoms. The van der Waals surface area contributed by atoms with Crippen molar-refractivity contribution in [2.24, 2.45) is 0 Å². The minimum Gasteiger partial charge on any atom is -0.495 e. The Balaban J connectivity index is 1.81. The summed E-state index contributed by atoms with van der Waals surface area (Å²) in [4.78, 5) is 8.69. The van der Waals surface area contributed by atoms with Crippen LogP contribution in [0, 0.1) is 6.92 Å². The number of sulfone groups is 1. The van der Waals surface area contributed by atoms with Gasteiger partial charge in [-0.2, -0.15) is 0 Å². The molecule has 1 aliphatic heterocycles. The van der Waals surface area contributed by atoms with Gasteiger partial charge in [-0.15, -0.1) is 0 Å². The summed E-state index contributed by atoms with van der Waals surface area (Å²) in [5.41, 5.74) is 0.683. The molecular weight excluding hydrogens is 364 g/mol. The van der Waals surface area contributed by atoms with Crippen LogP contribution in [0.1, 0.15) is 12.2 Å². The van der Waals surface area contributed by atoms with Gasteiger partial charge in [-0.05, 0) is 31.5 Å². The zero-order valence-electron chi connectivity index (χ0n) is 13.9. The molecule has 1 aromatic heterocycles. The zero-order chi connectivity index (χ0) is 18.0. The van der Waals surface area contributed by atoms with Crippen molar-refractivity contribution in [3.8, 4) is 5.75 Å². The molecule has 2 heterocycles. The highest BCUT2D eigenvalue weighted by Gasteiger charge is 2.28. The maximum absolute atomic E-state index is 11.6. The van der Waals surface area contributed by atoms with Crippen molar-refractivity contribution in [2.45, 2.75) is 19.4 Å². The quantitative estimate of drug-likeness (QED) is 0.821. The zero-order valence-corrected chi connectivity index (χ0v) is 15.5. The Bertz CT molecular complexity index is 889. The minimum atomic E-state index is -2.95. The fourth-order valence-corrected chi connectivity index (χ4v) is 4.58. The molecule has 0 spiro atoms. The van der Waals surface area contributed by atoms with Crippen molar-refractivity contribution in [1.29, 1.82) is 0 Å². The highest BCUT2D eigenvalue weighted by atomic mass is 35.5. The first-order valence-corrected chi connectivity index (χ1v) is 9.98. The van der Waals surface area contributed by atoms with Gasteiger partial charge in [0.2, 0.25) is 0 Å². The number of hydrogen-bond acceptors (Lipinski definition) is 7. The molecule has 0 saturated carbocycles. The van der Waals surface area contributed by atoms with Gasteiger partial charge < -0.3 is 15.4 Å². The van der Waals surface area contributed by atoms with Crippen LogP contribution in [0.15, 0.2) is 24.3 Å². The van der Waals surface area contributed by atoms with Gasteiger partial charge in [-0.3, -0.25) is 0 Å². The summed E-state index contributed by atoms with van der Waals surface area (Å²) in [5, 5.41) is 6.92. The van der Waals surface area contributed by atoms with Crippen molar-refractivity contribution in [3.05, 3.63) is 35.1 Å². The summed E-state index contributed by atoms with van der Waals surface area (Å²) in [6.45, 7) is 1.77. The average Bonchev–Trinajstić information content (AvgIpc) is 2.85. The lowest BCUT2D eigenvalue weighted by atomic mass is 10.2. The third-order valence-electron chi connectivity index (χ3n) is 3.85. The normalized spacial score (nSPS) is 18.8. The Kier molecular flexibility index (Phi) is 5.01. The van der Waals surface area contributed by atoms with E-state index in [4.69, 9.17) is 16.3 Å². The Morgan fingerprint density at radius 2 is 2.00 bits per heavy atom. The van der Waals surface area contributed by atoms with Gasteiger partial charge in [0.1, 0.15) is 23.2 Å². The van der Waals surface area contributed by atoms with Gasteiger partial charge in [0.05, 0.1) is 24.3 Å². The van der Waals surface area contributed by atoms with E-state index in [1.807, 2.05) is 0 Å². The van der Waals surface area contributed by atoms with Crippen LogP contribution in [0.3, 0.4) is 0 Å². The summed E-state index contributed by atoms with van der Waals surface area (Å²) in [5.74, 6) is 2.68. The van der Waals surface area contributed by atoms with Gasteiger partial charge in [0.25, 0.3) is 0 Å². The van der Waals surface area contributed by atoms with Crippen LogP contribution >= 0.6 is 11.6 Å². The summed E-state index contributed by atoms with van der Waals surface area (Å²) in [7, 11) is -1.37. The molecule has 1 fully saturated rings. The third-order valence-corrected chi connectivity index (χ3v) is 5.85. The summed E-state index contributed by atoms with van der Waals surface area (Å²) < 4.78 is 28.5. The lowest BCUT2D eigenvalue weighted by Crippen LogP contribution is -2.21. The molecule has 2 N–H and O–H groups in total. The molecule has 1 atom stereocenters. The van der Waals surface area contributed by atoms with E-state index >= 15 is 0 Å². The number of benzene rings is 1. The van der Waals surface area contributed by atoms with Crippen LogP contribution in [0.2, 0.25) is 5.02 Å². The second kappa shape index (κ2) is 7.05. The first kappa shape index (κ1) is 17.8. The number of methoxy groups -OCH3 is 1. The van der Waals surface area contributed by atoms with Gasteiger partial charge in [0.15, 0.2) is 9.84 Å². The van der Waals surface area contributed by atoms with Crippen LogP contribution in [-0.2, 0) is 9.84 Å². The molecule has 9 heteroatoms.